The van der Waals surface area contributed by atoms with Crippen LogP contribution in [0, 0.1) is 11.3 Å². The molecule has 1 aliphatic rings. The van der Waals surface area contributed by atoms with Gasteiger partial charge in [0.1, 0.15) is 0 Å². The van der Waals surface area contributed by atoms with Crippen molar-refractivity contribution in [3.63, 3.8) is 0 Å². The number of rotatable bonds is 1. The third-order valence-electron chi connectivity index (χ3n) is 0.948. The van der Waals surface area contributed by atoms with Crippen LogP contribution in [0.1, 0.15) is 12.8 Å². The van der Waals surface area contributed by atoms with Crippen LogP contribution in [0.2, 0.25) is 0 Å². The summed E-state index contributed by atoms with van der Waals surface area (Å²) in [6, 6.07) is 0. The predicted molar refractivity (Wildman–Crippen MR) is 26.2 cm³/mol. The molecule has 1 rings (SSSR count). The summed E-state index contributed by atoms with van der Waals surface area (Å²) in [7, 11) is 0. The molecule has 1 aliphatic carbocycles. The number of hydrogen-bond acceptors (Lipinski definition) is 1. The predicted octanol–water partition coefficient (Wildman–Crippen LogP) is 0.542. The molecule has 2 heteroatoms. The normalized spacial score (nSPS) is 20.7. The zero-order valence-electron chi connectivity index (χ0n) is 3.40. The summed E-state index contributed by atoms with van der Waals surface area (Å²) in [5.74, 6) is 0.630. The fraction of sp³-hybridized carbons (Fsp3) is 0.750. The minimum atomic E-state index is 0.630. The molecule has 0 aliphatic heterocycles. The van der Waals surface area contributed by atoms with Crippen molar-refractivity contribution in [2.75, 3.05) is 0 Å². The van der Waals surface area contributed by atoms with E-state index in [0.29, 0.717) is 5.92 Å². The Bertz CT molecular complexity index is 75.6. The molecule has 0 amide bonds. The first kappa shape index (κ1) is 4.35. The van der Waals surface area contributed by atoms with E-state index in [1.807, 2.05) is 0 Å². The molecular weight excluding hydrogens is 141 g/mol. The Morgan fingerprint density at radius 3 is 2.17 bits per heavy atom. The molecule has 0 aromatic rings. The Kier molecular flexibility index (Phi) is 0.985. The zero-order valence-corrected chi connectivity index (χ0v) is 5.11. The molecule has 6 heavy (non-hydrogen) atoms. The van der Waals surface area contributed by atoms with E-state index in [9.17, 15) is 0 Å². The first-order chi connectivity index (χ1) is 2.80. The summed E-state index contributed by atoms with van der Waals surface area (Å²) in [4.78, 5) is 0. The molecule has 33 valence electrons. The van der Waals surface area contributed by atoms with Crippen LogP contribution >= 0.6 is 0 Å². The summed E-state index contributed by atoms with van der Waals surface area (Å²) >= 11 is 2.69. The molecule has 1 nitrogen and oxygen atoms in total. The maximum atomic E-state index is 6.96. The fourth-order valence-electron chi connectivity index (χ4n) is 0.346. The van der Waals surface area contributed by atoms with Gasteiger partial charge >= 0.3 is 44.8 Å². The van der Waals surface area contributed by atoms with Gasteiger partial charge < -0.3 is 0 Å². The van der Waals surface area contributed by atoms with Crippen molar-refractivity contribution in [3.8, 4) is 0 Å². The van der Waals surface area contributed by atoms with E-state index in [1.165, 1.54) is 12.8 Å². The Morgan fingerprint density at radius 1 is 1.67 bits per heavy atom. The molecular formula is C4H6NSe. The van der Waals surface area contributed by atoms with Gasteiger partial charge in [-0.1, -0.05) is 0 Å². The quantitative estimate of drug-likeness (QED) is 0.413. The van der Waals surface area contributed by atoms with E-state index < -0.39 is 0 Å². The van der Waals surface area contributed by atoms with Crippen LogP contribution in [0.4, 0.5) is 0 Å². The summed E-state index contributed by atoms with van der Waals surface area (Å²) in [5.41, 5.74) is 0. The molecule has 0 bridgehead atoms. The van der Waals surface area contributed by atoms with Gasteiger partial charge in [0.25, 0.3) is 0 Å². The zero-order chi connectivity index (χ0) is 4.57. The van der Waals surface area contributed by atoms with Gasteiger partial charge in [-0.05, 0) is 0 Å². The van der Waals surface area contributed by atoms with Crippen molar-refractivity contribution >= 4 is 20.6 Å². The Morgan fingerprint density at radius 2 is 2.17 bits per heavy atom. The van der Waals surface area contributed by atoms with Crippen LogP contribution in [0.15, 0.2) is 0 Å². The summed E-state index contributed by atoms with van der Waals surface area (Å²) < 4.78 is 0.745. The second-order valence-corrected chi connectivity index (χ2v) is 2.56. The maximum absolute atomic E-state index is 6.96. The van der Waals surface area contributed by atoms with Crippen LogP contribution in [0.5, 0.6) is 0 Å². The summed E-state index contributed by atoms with van der Waals surface area (Å²) in [5, 5.41) is 6.96. The van der Waals surface area contributed by atoms with Gasteiger partial charge in [0.2, 0.25) is 0 Å². The van der Waals surface area contributed by atoms with Gasteiger partial charge in [0.15, 0.2) is 0 Å². The van der Waals surface area contributed by atoms with Crippen molar-refractivity contribution < 1.29 is 0 Å². The Balaban J connectivity index is 2.31. The van der Waals surface area contributed by atoms with Crippen LogP contribution in [0.3, 0.4) is 0 Å². The van der Waals surface area contributed by atoms with E-state index in [4.69, 9.17) is 5.41 Å². The van der Waals surface area contributed by atoms with Crippen LogP contribution in [0.25, 0.3) is 0 Å². The fourth-order valence-corrected chi connectivity index (χ4v) is 0.840. The second kappa shape index (κ2) is 1.36. The van der Waals surface area contributed by atoms with Crippen molar-refractivity contribution in [3.05, 3.63) is 0 Å². The van der Waals surface area contributed by atoms with Crippen LogP contribution < -0.4 is 0 Å². The third kappa shape index (κ3) is 0.825. The van der Waals surface area contributed by atoms with Crippen molar-refractivity contribution in [2.45, 2.75) is 12.8 Å². The Hall–Kier alpha value is 0.189. The molecule has 1 N–H and O–H groups in total. The molecule has 1 radical (unpaired) electrons. The SMILES string of the molecule is N=C([Se])C1CC1. The van der Waals surface area contributed by atoms with E-state index in [0.717, 1.165) is 4.61 Å². The third-order valence-corrected chi connectivity index (χ3v) is 1.65. The van der Waals surface area contributed by atoms with Crippen LogP contribution in [-0.4, -0.2) is 20.6 Å². The number of hydrogen-bond donors (Lipinski definition) is 1. The standard InChI is InChI=1S/C4H6NSe/c5-4(6)3-1-2-3/h3,5H,1-2H2. The van der Waals surface area contributed by atoms with Crippen LogP contribution in [-0.2, 0) is 0 Å². The van der Waals surface area contributed by atoms with E-state index >= 15 is 0 Å². The molecule has 1 saturated carbocycles. The molecule has 0 atom stereocenters. The van der Waals surface area contributed by atoms with Gasteiger partial charge in [-0.15, -0.1) is 0 Å². The van der Waals surface area contributed by atoms with Gasteiger partial charge in [-0.25, -0.2) is 0 Å². The van der Waals surface area contributed by atoms with Gasteiger partial charge in [-0.2, -0.15) is 0 Å². The average molecular weight is 147 g/mol. The average Bonchev–Trinajstić information content (AvgIpc) is 2.06. The van der Waals surface area contributed by atoms with Gasteiger partial charge in [0, 0.05) is 0 Å². The van der Waals surface area contributed by atoms with Crippen molar-refractivity contribution in [1.29, 1.82) is 5.41 Å². The summed E-state index contributed by atoms with van der Waals surface area (Å²) in [6.07, 6.45) is 2.48. The molecule has 0 heterocycles. The van der Waals surface area contributed by atoms with Crippen molar-refractivity contribution in [2.24, 2.45) is 5.92 Å². The monoisotopic (exact) mass is 148 g/mol. The van der Waals surface area contributed by atoms with E-state index in [1.54, 1.807) is 0 Å². The molecule has 0 aromatic carbocycles. The summed E-state index contributed by atoms with van der Waals surface area (Å²) in [6.45, 7) is 0. The van der Waals surface area contributed by atoms with E-state index in [-0.39, 0.29) is 0 Å². The molecule has 0 spiro atoms. The number of nitrogens with one attached hydrogen (secondary N) is 1. The minimum absolute atomic E-state index is 0.630. The second-order valence-electron chi connectivity index (χ2n) is 1.64. The first-order valence-corrected chi connectivity index (χ1v) is 2.92. The Labute approximate surface area is 45.4 Å². The molecule has 1 fully saturated rings. The molecule has 0 unspecified atom stereocenters. The molecule has 0 saturated heterocycles. The van der Waals surface area contributed by atoms with E-state index in [2.05, 4.69) is 16.0 Å². The first-order valence-electron chi connectivity index (χ1n) is 2.06. The van der Waals surface area contributed by atoms with Gasteiger partial charge in [-0.3, -0.25) is 0 Å². The van der Waals surface area contributed by atoms with Gasteiger partial charge in [0.05, 0.1) is 0 Å². The molecule has 0 aromatic heterocycles. The topological polar surface area (TPSA) is 23.9 Å². The van der Waals surface area contributed by atoms with Crippen molar-refractivity contribution in [1.82, 2.24) is 0 Å².